The molecule has 6 nitrogen and oxygen atoms in total. The molecule has 1 heterocycles. The summed E-state index contributed by atoms with van der Waals surface area (Å²) in [5.74, 6) is 0.181. The van der Waals surface area contributed by atoms with Crippen LogP contribution < -0.4 is 15.4 Å². The molecule has 0 fully saturated rings. The Hall–Kier alpha value is -3.64. The highest BCUT2D eigenvalue weighted by Gasteiger charge is 2.21. The maximum Gasteiger partial charge on any atom is 0.262 e. The molecule has 0 spiro atoms. The summed E-state index contributed by atoms with van der Waals surface area (Å²) in [7, 11) is 0. The summed E-state index contributed by atoms with van der Waals surface area (Å²) in [6, 6.07) is 24.1. The molecule has 0 unspecified atom stereocenters. The van der Waals surface area contributed by atoms with Crippen molar-refractivity contribution in [3.63, 3.8) is 0 Å². The third-order valence-electron chi connectivity index (χ3n) is 5.08. The Morgan fingerprint density at radius 2 is 1.68 bits per heavy atom. The first kappa shape index (κ1) is 20.6. The van der Waals surface area contributed by atoms with Crippen LogP contribution in [0.15, 0.2) is 78.9 Å². The van der Waals surface area contributed by atoms with E-state index in [1.165, 1.54) is 5.56 Å². The molecule has 3 aromatic rings. The van der Waals surface area contributed by atoms with Crippen molar-refractivity contribution in [3.8, 4) is 5.75 Å². The average molecular weight is 416 g/mol. The predicted octanol–water partition coefficient (Wildman–Crippen LogP) is 3.75. The van der Waals surface area contributed by atoms with Gasteiger partial charge in [-0.2, -0.15) is 0 Å². The Kier molecular flexibility index (Phi) is 6.59. The van der Waals surface area contributed by atoms with Gasteiger partial charge >= 0.3 is 0 Å². The van der Waals surface area contributed by atoms with Crippen LogP contribution in [0.2, 0.25) is 0 Å². The Balaban J connectivity index is 1.27. The fraction of sp³-hybridized carbons (Fsp3) is 0.200. The predicted molar refractivity (Wildman–Crippen MR) is 118 cm³/mol. The van der Waals surface area contributed by atoms with Crippen molar-refractivity contribution in [1.82, 2.24) is 5.32 Å². The van der Waals surface area contributed by atoms with Crippen molar-refractivity contribution in [3.05, 3.63) is 95.6 Å². The smallest absolute Gasteiger partial charge is 0.262 e. The van der Waals surface area contributed by atoms with E-state index in [4.69, 9.17) is 9.47 Å². The van der Waals surface area contributed by atoms with Crippen LogP contribution in [0.5, 0.6) is 5.75 Å². The number of para-hydroxylation sites is 1. The number of amides is 2. The molecular formula is C25H24N2O4. The van der Waals surface area contributed by atoms with Gasteiger partial charge in [0.2, 0.25) is 0 Å². The third kappa shape index (κ3) is 5.49. The topological polar surface area (TPSA) is 76.7 Å². The number of nitrogens with one attached hydrogen (secondary N) is 2. The van der Waals surface area contributed by atoms with E-state index in [0.29, 0.717) is 30.2 Å². The van der Waals surface area contributed by atoms with Gasteiger partial charge in [0.05, 0.1) is 6.61 Å². The van der Waals surface area contributed by atoms with Crippen molar-refractivity contribution in [2.75, 3.05) is 25.1 Å². The Morgan fingerprint density at radius 1 is 0.935 bits per heavy atom. The highest BCUT2D eigenvalue weighted by atomic mass is 16.5. The molecule has 0 bridgehead atoms. The summed E-state index contributed by atoms with van der Waals surface area (Å²) in [5, 5.41) is 5.69. The van der Waals surface area contributed by atoms with E-state index in [-0.39, 0.29) is 24.5 Å². The van der Waals surface area contributed by atoms with Gasteiger partial charge in [-0.15, -0.1) is 0 Å². The van der Waals surface area contributed by atoms with Gasteiger partial charge in [-0.3, -0.25) is 9.59 Å². The molecule has 31 heavy (non-hydrogen) atoms. The van der Waals surface area contributed by atoms with E-state index < -0.39 is 0 Å². The number of fused-ring (bicyclic) bond motifs is 1. The second-order valence-corrected chi connectivity index (χ2v) is 7.25. The normalized spacial score (nSPS) is 14.9. The molecule has 4 rings (SSSR count). The van der Waals surface area contributed by atoms with Crippen molar-refractivity contribution in [2.24, 2.45) is 0 Å². The van der Waals surface area contributed by atoms with Gasteiger partial charge < -0.3 is 20.1 Å². The highest BCUT2D eigenvalue weighted by molar-refractivity contribution is 5.96. The summed E-state index contributed by atoms with van der Waals surface area (Å²) in [6.07, 6.45) is 0.751. The van der Waals surface area contributed by atoms with Crippen molar-refractivity contribution in [1.29, 1.82) is 0 Å². The lowest BCUT2D eigenvalue weighted by atomic mass is 9.97. The lowest BCUT2D eigenvalue weighted by molar-refractivity contribution is -0.118. The Labute approximate surface area is 181 Å². The van der Waals surface area contributed by atoms with Crippen molar-refractivity contribution in [2.45, 2.75) is 12.5 Å². The molecule has 6 heteroatoms. The summed E-state index contributed by atoms with van der Waals surface area (Å²) < 4.78 is 11.3. The summed E-state index contributed by atoms with van der Waals surface area (Å²) in [4.78, 5) is 24.6. The average Bonchev–Trinajstić information content (AvgIpc) is 2.82. The van der Waals surface area contributed by atoms with Gasteiger partial charge in [-0.25, -0.2) is 0 Å². The monoisotopic (exact) mass is 416 g/mol. The van der Waals surface area contributed by atoms with Gasteiger partial charge in [0, 0.05) is 17.8 Å². The molecule has 0 radical (unpaired) electrons. The first-order valence-electron chi connectivity index (χ1n) is 10.2. The van der Waals surface area contributed by atoms with Crippen molar-refractivity contribution >= 4 is 17.5 Å². The molecule has 158 valence electrons. The zero-order chi connectivity index (χ0) is 21.5. The summed E-state index contributed by atoms with van der Waals surface area (Å²) in [5.41, 5.74) is 3.51. The number of benzene rings is 3. The molecule has 2 amide bonds. The molecule has 3 aromatic carbocycles. The van der Waals surface area contributed by atoms with Gasteiger partial charge in [0.25, 0.3) is 11.8 Å². The van der Waals surface area contributed by atoms with Crippen LogP contribution >= 0.6 is 0 Å². The van der Waals surface area contributed by atoms with Crippen LogP contribution in [-0.2, 0) is 16.0 Å². The molecule has 1 aliphatic heterocycles. The van der Waals surface area contributed by atoms with Crippen LogP contribution in [0.3, 0.4) is 0 Å². The minimum Gasteiger partial charge on any atom is -0.484 e. The van der Waals surface area contributed by atoms with E-state index in [2.05, 4.69) is 16.7 Å². The first-order chi connectivity index (χ1) is 15.2. The quantitative estimate of drug-likeness (QED) is 0.615. The lowest BCUT2D eigenvalue weighted by Gasteiger charge is -2.26. The maximum atomic E-state index is 12.5. The standard InChI is InChI=1S/C25H24N2O4/c28-24(17-31-21-7-2-1-3-8-21)27-20-12-10-19(11-13-20)25(29)26-16-23-22-9-5-4-6-18(22)14-15-30-23/h1-13,23H,14-17H2,(H,26,29)(H,27,28)/t23-/m0/s1. The number of hydrogen-bond donors (Lipinski definition) is 2. The Morgan fingerprint density at radius 3 is 2.48 bits per heavy atom. The summed E-state index contributed by atoms with van der Waals surface area (Å²) in [6.45, 7) is 0.972. The molecule has 0 saturated heterocycles. The fourth-order valence-corrected chi connectivity index (χ4v) is 3.50. The molecule has 1 atom stereocenters. The van der Waals surface area contributed by atoms with Crippen LogP contribution in [-0.4, -0.2) is 31.6 Å². The summed E-state index contributed by atoms with van der Waals surface area (Å²) >= 11 is 0. The lowest BCUT2D eigenvalue weighted by Crippen LogP contribution is -2.31. The number of carbonyl (C=O) groups is 2. The Bertz CT molecular complexity index is 1030. The molecule has 2 N–H and O–H groups in total. The van der Waals surface area contributed by atoms with E-state index in [0.717, 1.165) is 12.0 Å². The second kappa shape index (κ2) is 9.91. The number of carbonyl (C=O) groups excluding carboxylic acids is 2. The highest BCUT2D eigenvalue weighted by Crippen LogP contribution is 2.26. The van der Waals surface area contributed by atoms with Gasteiger partial charge in [0.15, 0.2) is 6.61 Å². The van der Waals surface area contributed by atoms with Gasteiger partial charge in [-0.1, -0.05) is 42.5 Å². The molecule has 0 saturated carbocycles. The van der Waals surface area contributed by atoms with E-state index in [9.17, 15) is 9.59 Å². The minimum atomic E-state index is -0.269. The molecule has 1 aliphatic rings. The number of anilines is 1. The van der Waals surface area contributed by atoms with Crippen LogP contribution in [0, 0.1) is 0 Å². The first-order valence-corrected chi connectivity index (χ1v) is 10.2. The van der Waals surface area contributed by atoms with Crippen LogP contribution in [0.4, 0.5) is 5.69 Å². The van der Waals surface area contributed by atoms with Gasteiger partial charge in [-0.05, 0) is 53.9 Å². The van der Waals surface area contributed by atoms with Crippen molar-refractivity contribution < 1.29 is 19.1 Å². The SMILES string of the molecule is O=C(COc1ccccc1)Nc1ccc(C(=O)NC[C@@H]2OCCc3ccccc32)cc1. The molecule has 0 aromatic heterocycles. The largest absolute Gasteiger partial charge is 0.484 e. The molecular weight excluding hydrogens is 392 g/mol. The zero-order valence-corrected chi connectivity index (χ0v) is 17.0. The number of ether oxygens (including phenoxy) is 2. The molecule has 0 aliphatic carbocycles. The third-order valence-corrected chi connectivity index (χ3v) is 5.08. The van der Waals surface area contributed by atoms with Crippen LogP contribution in [0.1, 0.15) is 27.6 Å². The van der Waals surface area contributed by atoms with Crippen LogP contribution in [0.25, 0.3) is 0 Å². The second-order valence-electron chi connectivity index (χ2n) is 7.25. The fourth-order valence-electron chi connectivity index (χ4n) is 3.50. The minimum absolute atomic E-state index is 0.0882. The van der Waals surface area contributed by atoms with E-state index >= 15 is 0 Å². The van der Waals surface area contributed by atoms with E-state index in [1.807, 2.05) is 36.4 Å². The number of rotatable bonds is 7. The maximum absolute atomic E-state index is 12.5. The number of hydrogen-bond acceptors (Lipinski definition) is 4. The van der Waals surface area contributed by atoms with Gasteiger partial charge in [0.1, 0.15) is 11.9 Å². The zero-order valence-electron chi connectivity index (χ0n) is 17.0. The van der Waals surface area contributed by atoms with E-state index in [1.54, 1.807) is 36.4 Å².